The first-order valence-corrected chi connectivity index (χ1v) is 13.6. The summed E-state index contributed by atoms with van der Waals surface area (Å²) in [7, 11) is 0.432. The van der Waals surface area contributed by atoms with Crippen molar-refractivity contribution in [3.05, 3.63) is 48.5 Å². The number of hydrogen-bond donors (Lipinski definition) is 1. The second-order valence-electron chi connectivity index (χ2n) is 9.50. The monoisotopic (exact) mass is 532 g/mol. The number of anilines is 1. The van der Waals surface area contributed by atoms with Crippen LogP contribution in [0.3, 0.4) is 0 Å². The number of esters is 1. The number of benzene rings is 2. The first-order valence-electron chi connectivity index (χ1n) is 11.9. The number of nitrogens with zero attached hydrogens (tertiary/aromatic N) is 3. The summed E-state index contributed by atoms with van der Waals surface area (Å²) in [5.41, 5.74) is 1.68. The lowest BCUT2D eigenvalue weighted by molar-refractivity contribution is -0.154. The van der Waals surface area contributed by atoms with Gasteiger partial charge in [0.05, 0.1) is 28.6 Å². The van der Waals surface area contributed by atoms with Gasteiger partial charge in [0.25, 0.3) is 0 Å². The third-order valence-electron chi connectivity index (χ3n) is 4.87. The van der Waals surface area contributed by atoms with Gasteiger partial charge in [-0.3, -0.25) is 9.59 Å². The summed E-state index contributed by atoms with van der Waals surface area (Å²) in [5.74, 6) is -0.948. The van der Waals surface area contributed by atoms with Crippen molar-refractivity contribution in [1.29, 1.82) is 0 Å². The number of sulfone groups is 1. The minimum Gasteiger partial charge on any atom is -0.459 e. The molecule has 0 saturated heterocycles. The van der Waals surface area contributed by atoms with E-state index in [1.165, 1.54) is 12.1 Å². The van der Waals surface area contributed by atoms with Gasteiger partial charge >= 0.3 is 5.97 Å². The fourth-order valence-electron chi connectivity index (χ4n) is 3.03. The fraction of sp³-hybridized carbons (Fsp3) is 0.462. The molecule has 37 heavy (non-hydrogen) atoms. The molecule has 10 nitrogen and oxygen atoms in total. The Kier molecular flexibility index (Phi) is 11.2. The van der Waals surface area contributed by atoms with E-state index in [1.54, 1.807) is 32.9 Å². The molecule has 1 amide bonds. The highest BCUT2D eigenvalue weighted by atomic mass is 32.2. The van der Waals surface area contributed by atoms with Crippen molar-refractivity contribution < 1.29 is 27.5 Å². The van der Waals surface area contributed by atoms with E-state index in [-0.39, 0.29) is 49.2 Å². The van der Waals surface area contributed by atoms with E-state index < -0.39 is 21.4 Å². The predicted octanol–water partition coefficient (Wildman–Crippen LogP) is 4.20. The minimum absolute atomic E-state index is 0.0609. The van der Waals surface area contributed by atoms with E-state index in [2.05, 4.69) is 15.5 Å². The van der Waals surface area contributed by atoms with Crippen molar-refractivity contribution in [1.82, 2.24) is 5.32 Å². The quantitative estimate of drug-likeness (QED) is 0.233. The molecule has 0 atom stereocenters. The third-order valence-corrected chi connectivity index (χ3v) is 6.68. The number of amides is 1. The topological polar surface area (TPSA) is 127 Å². The molecule has 2 rings (SSSR count). The van der Waals surface area contributed by atoms with Crippen molar-refractivity contribution in [2.24, 2.45) is 10.2 Å². The van der Waals surface area contributed by atoms with Crippen LogP contribution in [0.1, 0.15) is 33.6 Å². The summed E-state index contributed by atoms with van der Waals surface area (Å²) in [6.45, 7) is 5.34. The zero-order valence-corrected chi connectivity index (χ0v) is 22.9. The maximum Gasteiger partial charge on any atom is 0.325 e. The molecule has 0 radical (unpaired) electrons. The molecule has 0 fully saturated rings. The van der Waals surface area contributed by atoms with E-state index in [0.717, 1.165) is 5.69 Å². The standard InChI is InChI=1S/C26H36N4O6S/c1-26(2,3)36-25(32)19-27-24(31)15-17-35-16-6-18-37(33,34)23-13-9-21(10-14-23)29-28-20-7-11-22(12-8-20)30(4)5/h7-14H,6,15-19H2,1-5H3,(H,27,31). The summed E-state index contributed by atoms with van der Waals surface area (Å²) < 4.78 is 35.6. The molecule has 202 valence electrons. The van der Waals surface area contributed by atoms with Gasteiger partial charge < -0.3 is 19.7 Å². The predicted molar refractivity (Wildman–Crippen MR) is 142 cm³/mol. The Morgan fingerprint density at radius 1 is 0.919 bits per heavy atom. The Bertz CT molecular complexity index is 1160. The zero-order valence-electron chi connectivity index (χ0n) is 22.1. The Labute approximate surface area is 219 Å². The maximum absolute atomic E-state index is 12.6. The molecule has 1 N–H and O–H groups in total. The minimum atomic E-state index is -3.48. The lowest BCUT2D eigenvalue weighted by Crippen LogP contribution is -2.35. The highest BCUT2D eigenvalue weighted by molar-refractivity contribution is 7.91. The van der Waals surface area contributed by atoms with Crippen LogP contribution in [-0.4, -0.2) is 65.5 Å². The summed E-state index contributed by atoms with van der Waals surface area (Å²) in [4.78, 5) is 25.5. The molecule has 0 aliphatic heterocycles. The van der Waals surface area contributed by atoms with Gasteiger partial charge in [0.2, 0.25) is 5.91 Å². The fourth-order valence-corrected chi connectivity index (χ4v) is 4.31. The van der Waals surface area contributed by atoms with Crippen molar-refractivity contribution in [2.45, 2.75) is 44.1 Å². The molecule has 11 heteroatoms. The third kappa shape index (κ3) is 11.5. The van der Waals surface area contributed by atoms with Crippen molar-refractivity contribution in [3.63, 3.8) is 0 Å². The number of carbonyl (C=O) groups excluding carboxylic acids is 2. The van der Waals surface area contributed by atoms with Crippen LogP contribution in [0.4, 0.5) is 17.1 Å². The van der Waals surface area contributed by atoms with E-state index in [0.29, 0.717) is 11.4 Å². The van der Waals surface area contributed by atoms with Gasteiger partial charge in [-0.15, -0.1) is 0 Å². The molecule has 0 saturated carbocycles. The molecule has 0 spiro atoms. The van der Waals surface area contributed by atoms with Crippen molar-refractivity contribution >= 4 is 38.8 Å². The zero-order chi connectivity index (χ0) is 27.5. The number of ether oxygens (including phenoxy) is 2. The molecular formula is C26H36N4O6S. The van der Waals surface area contributed by atoms with Gasteiger partial charge in [-0.05, 0) is 75.7 Å². The molecule has 0 bridgehead atoms. The number of carbonyl (C=O) groups is 2. The van der Waals surface area contributed by atoms with Crippen molar-refractivity contribution in [2.75, 3.05) is 44.5 Å². The average Bonchev–Trinajstić information content (AvgIpc) is 2.83. The van der Waals surface area contributed by atoms with Crippen LogP contribution < -0.4 is 10.2 Å². The van der Waals surface area contributed by atoms with Gasteiger partial charge in [-0.25, -0.2) is 8.42 Å². The van der Waals surface area contributed by atoms with E-state index in [1.807, 2.05) is 43.3 Å². The number of azo groups is 1. The Morgan fingerprint density at radius 2 is 1.49 bits per heavy atom. The Morgan fingerprint density at radius 3 is 2.03 bits per heavy atom. The summed E-state index contributed by atoms with van der Waals surface area (Å²) in [5, 5.41) is 10.8. The van der Waals surface area contributed by atoms with Gasteiger partial charge in [-0.1, -0.05) is 0 Å². The summed E-state index contributed by atoms with van der Waals surface area (Å²) >= 11 is 0. The van der Waals surface area contributed by atoms with E-state index in [9.17, 15) is 18.0 Å². The Hall–Kier alpha value is -3.31. The SMILES string of the molecule is CN(C)c1ccc(N=Nc2ccc(S(=O)(=O)CCCOCCC(=O)NCC(=O)OC(C)(C)C)cc2)cc1. The lowest BCUT2D eigenvalue weighted by Gasteiger charge is -2.19. The Balaban J connectivity index is 1.70. The van der Waals surface area contributed by atoms with Crippen molar-refractivity contribution in [3.8, 4) is 0 Å². The molecule has 2 aromatic carbocycles. The van der Waals surface area contributed by atoms with Gasteiger partial charge in [0, 0.05) is 32.8 Å². The van der Waals surface area contributed by atoms with Crippen LogP contribution in [0.15, 0.2) is 63.7 Å². The lowest BCUT2D eigenvalue weighted by atomic mass is 10.2. The smallest absolute Gasteiger partial charge is 0.325 e. The van der Waals surface area contributed by atoms with Gasteiger partial charge in [-0.2, -0.15) is 10.2 Å². The van der Waals surface area contributed by atoms with Crippen LogP contribution in [0.25, 0.3) is 0 Å². The molecule has 0 unspecified atom stereocenters. The van der Waals surface area contributed by atoms with E-state index >= 15 is 0 Å². The normalized spacial score (nSPS) is 11.9. The van der Waals surface area contributed by atoms with E-state index in [4.69, 9.17) is 9.47 Å². The first-order chi connectivity index (χ1) is 17.4. The van der Waals surface area contributed by atoms with Crippen LogP contribution >= 0.6 is 0 Å². The number of hydrogen-bond acceptors (Lipinski definition) is 9. The van der Waals surface area contributed by atoms with Crippen LogP contribution in [0.5, 0.6) is 0 Å². The highest BCUT2D eigenvalue weighted by Crippen LogP contribution is 2.23. The van der Waals surface area contributed by atoms with Crippen LogP contribution in [-0.2, 0) is 28.9 Å². The molecule has 0 heterocycles. The second-order valence-corrected chi connectivity index (χ2v) is 11.6. The average molecular weight is 533 g/mol. The van der Waals surface area contributed by atoms with Gasteiger partial charge in [0.1, 0.15) is 12.1 Å². The highest BCUT2D eigenvalue weighted by Gasteiger charge is 2.17. The second kappa shape index (κ2) is 13.8. The number of nitrogens with one attached hydrogen (secondary N) is 1. The summed E-state index contributed by atoms with van der Waals surface area (Å²) in [6.07, 6.45) is 0.345. The largest absolute Gasteiger partial charge is 0.459 e. The molecular weight excluding hydrogens is 496 g/mol. The molecule has 2 aromatic rings. The molecule has 0 aliphatic rings. The van der Waals surface area contributed by atoms with Crippen LogP contribution in [0.2, 0.25) is 0 Å². The molecule has 0 aromatic heterocycles. The van der Waals surface area contributed by atoms with Crippen LogP contribution in [0, 0.1) is 0 Å². The summed E-state index contributed by atoms with van der Waals surface area (Å²) in [6, 6.07) is 13.8. The maximum atomic E-state index is 12.6. The van der Waals surface area contributed by atoms with Gasteiger partial charge in [0.15, 0.2) is 9.84 Å². The number of rotatable bonds is 13. The first kappa shape index (κ1) is 29.9. The molecule has 0 aliphatic carbocycles.